The number of hydrogen-bond acceptors (Lipinski definition) is 6. The molecular weight excluding hydrogens is 394 g/mol. The van der Waals surface area contributed by atoms with E-state index in [0.717, 1.165) is 27.3 Å². The van der Waals surface area contributed by atoms with Crippen molar-refractivity contribution >= 4 is 44.6 Å². The Labute approximate surface area is 169 Å². The lowest BCUT2D eigenvalue weighted by atomic mass is 10.2. The van der Waals surface area contributed by atoms with Gasteiger partial charge in [0.25, 0.3) is 5.56 Å². The Morgan fingerprint density at radius 2 is 2.11 bits per heavy atom. The molecule has 9 heteroatoms. The fraction of sp³-hybridized carbons (Fsp3) is 0.368. The number of carbonyl (C=O) groups is 1. The third kappa shape index (κ3) is 3.59. The highest BCUT2D eigenvalue weighted by Gasteiger charge is 2.17. The lowest BCUT2D eigenvalue weighted by molar-refractivity contribution is -0.121. The molecule has 7 nitrogen and oxygen atoms in total. The predicted octanol–water partition coefficient (Wildman–Crippen LogP) is 3.22. The predicted molar refractivity (Wildman–Crippen MR) is 112 cm³/mol. The van der Waals surface area contributed by atoms with Crippen molar-refractivity contribution < 1.29 is 4.79 Å². The number of nitrogens with one attached hydrogen (secondary N) is 1. The van der Waals surface area contributed by atoms with Crippen molar-refractivity contribution in [3.8, 4) is 0 Å². The molecule has 0 saturated carbocycles. The number of aryl methyl sites for hydroxylation is 2. The summed E-state index contributed by atoms with van der Waals surface area (Å²) in [6, 6.07) is 5.92. The maximum absolute atomic E-state index is 12.7. The van der Waals surface area contributed by atoms with Crippen LogP contribution in [0.5, 0.6) is 0 Å². The molecule has 0 aliphatic carbocycles. The number of rotatable bonds is 8. The molecule has 0 saturated heterocycles. The molecule has 146 valence electrons. The lowest BCUT2D eigenvalue weighted by Crippen LogP contribution is -2.23. The summed E-state index contributed by atoms with van der Waals surface area (Å²) in [5, 5.41) is 15.5. The van der Waals surface area contributed by atoms with Crippen LogP contribution >= 0.6 is 22.7 Å². The van der Waals surface area contributed by atoms with E-state index in [1.807, 2.05) is 40.3 Å². The van der Waals surface area contributed by atoms with Crippen molar-refractivity contribution in [2.45, 2.75) is 45.7 Å². The van der Waals surface area contributed by atoms with Gasteiger partial charge in [-0.25, -0.2) is 0 Å². The van der Waals surface area contributed by atoms with Gasteiger partial charge in [0.05, 0.1) is 12.1 Å². The first-order valence-corrected chi connectivity index (χ1v) is 11.1. The van der Waals surface area contributed by atoms with Gasteiger partial charge in [-0.15, -0.1) is 32.9 Å². The molecule has 1 amide bonds. The van der Waals surface area contributed by atoms with Crippen LogP contribution in [0.2, 0.25) is 0 Å². The molecule has 4 aromatic rings. The van der Waals surface area contributed by atoms with E-state index in [2.05, 4.69) is 15.5 Å². The summed E-state index contributed by atoms with van der Waals surface area (Å²) in [5.41, 5.74) is 0.839. The molecule has 0 radical (unpaired) electrons. The van der Waals surface area contributed by atoms with Gasteiger partial charge in [-0.2, -0.15) is 0 Å². The van der Waals surface area contributed by atoms with Crippen LogP contribution in [0.4, 0.5) is 0 Å². The molecule has 0 aliphatic rings. The molecule has 4 aromatic heterocycles. The summed E-state index contributed by atoms with van der Waals surface area (Å²) < 4.78 is 4.38. The molecule has 0 spiro atoms. The Kier molecular flexibility index (Phi) is 5.54. The van der Waals surface area contributed by atoms with E-state index in [-0.39, 0.29) is 11.5 Å². The first kappa shape index (κ1) is 18.8. The SMILES string of the molecule is CCCn1c(=O)c2sccc2n2c(CCCC(=O)NCc3cccs3)nnc12. The molecule has 0 bridgehead atoms. The first-order chi connectivity index (χ1) is 13.7. The summed E-state index contributed by atoms with van der Waals surface area (Å²) in [6.45, 7) is 3.22. The van der Waals surface area contributed by atoms with Crippen molar-refractivity contribution in [2.75, 3.05) is 0 Å². The first-order valence-electron chi connectivity index (χ1n) is 9.32. The molecule has 4 heterocycles. The van der Waals surface area contributed by atoms with Gasteiger partial charge in [0.2, 0.25) is 11.7 Å². The van der Waals surface area contributed by atoms with Crippen molar-refractivity contribution in [3.63, 3.8) is 0 Å². The minimum Gasteiger partial charge on any atom is -0.351 e. The third-order valence-corrected chi connectivity index (χ3v) is 6.34. The number of fused-ring (bicyclic) bond motifs is 3. The van der Waals surface area contributed by atoms with E-state index >= 15 is 0 Å². The molecule has 0 aromatic carbocycles. The van der Waals surface area contributed by atoms with E-state index in [1.54, 1.807) is 15.9 Å². The Morgan fingerprint density at radius 3 is 2.89 bits per heavy atom. The third-order valence-electron chi connectivity index (χ3n) is 4.57. The summed E-state index contributed by atoms with van der Waals surface area (Å²) in [5.74, 6) is 1.40. The van der Waals surface area contributed by atoms with E-state index in [1.165, 1.54) is 11.3 Å². The standard InChI is InChI=1S/C19H21N5O2S2/c1-2-9-23-18(26)17-14(8-11-28-17)24-15(21-22-19(23)24)6-3-7-16(25)20-12-13-5-4-10-27-13/h4-5,8,10-11H,2-3,6-7,9,12H2,1H3,(H,20,25). The molecule has 0 aliphatic heterocycles. The van der Waals surface area contributed by atoms with Gasteiger partial charge in [0, 0.05) is 24.3 Å². The zero-order valence-electron chi connectivity index (χ0n) is 15.6. The fourth-order valence-electron chi connectivity index (χ4n) is 3.26. The van der Waals surface area contributed by atoms with Crippen molar-refractivity contribution in [1.82, 2.24) is 24.5 Å². The quantitative estimate of drug-likeness (QED) is 0.479. The maximum Gasteiger partial charge on any atom is 0.272 e. The number of nitrogens with zero attached hydrogens (tertiary/aromatic N) is 4. The van der Waals surface area contributed by atoms with Crippen molar-refractivity contribution in [2.24, 2.45) is 0 Å². The van der Waals surface area contributed by atoms with Crippen LogP contribution in [0.15, 0.2) is 33.8 Å². The molecule has 0 atom stereocenters. The largest absolute Gasteiger partial charge is 0.351 e. The minimum atomic E-state index is -0.00810. The van der Waals surface area contributed by atoms with Gasteiger partial charge in [0.15, 0.2) is 0 Å². The van der Waals surface area contributed by atoms with Crippen LogP contribution in [0.1, 0.15) is 36.9 Å². The summed E-state index contributed by atoms with van der Waals surface area (Å²) >= 11 is 3.08. The second-order valence-corrected chi connectivity index (χ2v) is 8.50. The van der Waals surface area contributed by atoms with Crippen molar-refractivity contribution in [1.29, 1.82) is 0 Å². The highest BCUT2D eigenvalue weighted by Crippen LogP contribution is 2.20. The zero-order valence-corrected chi connectivity index (χ0v) is 17.2. The summed E-state index contributed by atoms with van der Waals surface area (Å²) in [6.07, 6.45) is 2.58. The lowest BCUT2D eigenvalue weighted by Gasteiger charge is -2.08. The van der Waals surface area contributed by atoms with Gasteiger partial charge >= 0.3 is 0 Å². The fourth-order valence-corrected chi connectivity index (χ4v) is 4.73. The highest BCUT2D eigenvalue weighted by molar-refractivity contribution is 7.17. The van der Waals surface area contributed by atoms with Crippen LogP contribution in [0.25, 0.3) is 16.0 Å². The van der Waals surface area contributed by atoms with Crippen molar-refractivity contribution in [3.05, 3.63) is 50.0 Å². The highest BCUT2D eigenvalue weighted by atomic mass is 32.1. The summed E-state index contributed by atoms with van der Waals surface area (Å²) in [7, 11) is 0. The maximum atomic E-state index is 12.7. The topological polar surface area (TPSA) is 81.3 Å². The Balaban J connectivity index is 1.50. The van der Waals surface area contributed by atoms with Crippen LogP contribution < -0.4 is 10.9 Å². The molecule has 0 unspecified atom stereocenters. The number of hydrogen-bond donors (Lipinski definition) is 1. The van der Waals surface area contributed by atoms with E-state index in [0.29, 0.717) is 38.1 Å². The minimum absolute atomic E-state index is 0.00810. The molecule has 0 fully saturated rings. The van der Waals surface area contributed by atoms with Gasteiger partial charge in [0.1, 0.15) is 10.5 Å². The molecule has 4 rings (SSSR count). The van der Waals surface area contributed by atoms with Gasteiger partial charge in [-0.05, 0) is 35.7 Å². The molecular formula is C19H21N5O2S2. The van der Waals surface area contributed by atoms with Crippen LogP contribution in [0, 0.1) is 0 Å². The average Bonchev–Trinajstić information content (AvgIpc) is 3.43. The van der Waals surface area contributed by atoms with Crippen LogP contribution in [-0.4, -0.2) is 25.1 Å². The van der Waals surface area contributed by atoms with Gasteiger partial charge in [-0.3, -0.25) is 18.6 Å². The van der Waals surface area contributed by atoms with Gasteiger partial charge < -0.3 is 5.32 Å². The Bertz CT molecular complexity index is 1160. The van der Waals surface area contributed by atoms with E-state index in [9.17, 15) is 9.59 Å². The summed E-state index contributed by atoms with van der Waals surface area (Å²) in [4.78, 5) is 26.0. The number of carbonyl (C=O) groups excluding carboxylic acids is 1. The Hall–Kier alpha value is -2.52. The van der Waals surface area contributed by atoms with E-state index in [4.69, 9.17) is 0 Å². The normalized spacial score (nSPS) is 11.5. The monoisotopic (exact) mass is 415 g/mol. The molecule has 28 heavy (non-hydrogen) atoms. The zero-order chi connectivity index (χ0) is 19.5. The Morgan fingerprint density at radius 1 is 1.21 bits per heavy atom. The number of aromatic nitrogens is 4. The molecule has 1 N–H and O–H groups in total. The van der Waals surface area contributed by atoms with Gasteiger partial charge in [-0.1, -0.05) is 13.0 Å². The second-order valence-electron chi connectivity index (χ2n) is 6.55. The second kappa shape index (κ2) is 8.24. The average molecular weight is 416 g/mol. The number of amides is 1. The number of thiophene rings is 2. The smallest absolute Gasteiger partial charge is 0.272 e. The van der Waals surface area contributed by atoms with Crippen LogP contribution in [-0.2, 0) is 24.3 Å². The van der Waals surface area contributed by atoms with Crippen LogP contribution in [0.3, 0.4) is 0 Å². The van der Waals surface area contributed by atoms with E-state index < -0.39 is 0 Å².